The lowest BCUT2D eigenvalue weighted by Gasteiger charge is -2.34. The molecule has 1 saturated heterocycles. The van der Waals surface area contributed by atoms with Gasteiger partial charge in [0.2, 0.25) is 11.8 Å². The number of nitrogens with zero attached hydrogens (tertiary/aromatic N) is 2. The van der Waals surface area contributed by atoms with Crippen LogP contribution in [0, 0.1) is 5.92 Å². The van der Waals surface area contributed by atoms with Crippen molar-refractivity contribution in [3.63, 3.8) is 0 Å². The molecule has 4 nitrogen and oxygen atoms in total. The minimum absolute atomic E-state index is 0.190. The number of carbonyl (C=O) groups excluding carboxylic acids is 2. The molecule has 0 aromatic rings. The molecule has 1 heterocycles. The van der Waals surface area contributed by atoms with Gasteiger partial charge in [0.05, 0.1) is 0 Å². The second-order valence-electron chi connectivity index (χ2n) is 4.42. The fourth-order valence-corrected chi connectivity index (χ4v) is 2.34. The first-order chi connectivity index (χ1) is 7.72. The smallest absolute Gasteiger partial charge is 0.225 e. The van der Waals surface area contributed by atoms with Crippen molar-refractivity contribution in [2.75, 3.05) is 31.5 Å². The highest BCUT2D eigenvalue weighted by Crippen LogP contribution is 2.31. The van der Waals surface area contributed by atoms with E-state index in [4.69, 9.17) is 0 Å². The minimum Gasteiger partial charge on any atom is -0.339 e. The van der Waals surface area contributed by atoms with Gasteiger partial charge in [-0.3, -0.25) is 9.59 Å². The van der Waals surface area contributed by atoms with Crippen LogP contribution in [0.2, 0.25) is 0 Å². The molecule has 0 N–H and O–H groups in total. The van der Waals surface area contributed by atoms with Crippen LogP contribution in [0.25, 0.3) is 0 Å². The average molecular weight is 289 g/mol. The fraction of sp³-hybridized carbons (Fsp3) is 0.818. The number of piperazine rings is 1. The topological polar surface area (TPSA) is 40.6 Å². The molecule has 2 amide bonds. The van der Waals surface area contributed by atoms with Crippen molar-refractivity contribution < 1.29 is 9.59 Å². The number of hydrogen-bond acceptors (Lipinski definition) is 2. The van der Waals surface area contributed by atoms with Gasteiger partial charge in [0.25, 0.3) is 0 Å². The van der Waals surface area contributed by atoms with Gasteiger partial charge in [0.1, 0.15) is 0 Å². The van der Waals surface area contributed by atoms with E-state index in [1.54, 1.807) is 0 Å². The van der Waals surface area contributed by atoms with Crippen molar-refractivity contribution >= 4 is 27.7 Å². The van der Waals surface area contributed by atoms with Gasteiger partial charge < -0.3 is 9.80 Å². The maximum atomic E-state index is 11.8. The molecule has 0 spiro atoms. The second-order valence-corrected chi connectivity index (χ2v) is 5.21. The molecular weight excluding hydrogens is 272 g/mol. The molecule has 1 saturated carbocycles. The predicted octanol–water partition coefficient (Wildman–Crippen LogP) is 0.852. The van der Waals surface area contributed by atoms with Crippen LogP contribution in [0.3, 0.4) is 0 Å². The Bertz CT molecular complexity index is 284. The Hall–Kier alpha value is -0.580. The molecule has 0 atom stereocenters. The molecule has 2 rings (SSSR count). The summed E-state index contributed by atoms with van der Waals surface area (Å²) >= 11 is 3.27. The molecule has 2 fully saturated rings. The standard InChI is InChI=1S/C11H17BrN2O2/c12-4-3-10(15)13-5-7-14(8-6-13)11(16)9-1-2-9/h9H,1-8H2. The first-order valence-corrected chi connectivity index (χ1v) is 6.97. The van der Waals surface area contributed by atoms with E-state index in [0.717, 1.165) is 12.8 Å². The lowest BCUT2D eigenvalue weighted by atomic mass is 10.2. The van der Waals surface area contributed by atoms with Crippen molar-refractivity contribution in [1.82, 2.24) is 9.80 Å². The zero-order valence-electron chi connectivity index (χ0n) is 9.32. The van der Waals surface area contributed by atoms with Crippen LogP contribution in [0.1, 0.15) is 19.3 Å². The van der Waals surface area contributed by atoms with Gasteiger partial charge in [-0.05, 0) is 12.8 Å². The van der Waals surface area contributed by atoms with Gasteiger partial charge in [-0.15, -0.1) is 0 Å². The molecule has 0 radical (unpaired) electrons. The number of hydrogen-bond donors (Lipinski definition) is 0. The van der Waals surface area contributed by atoms with E-state index < -0.39 is 0 Å². The second kappa shape index (κ2) is 5.17. The fourth-order valence-electron chi connectivity index (χ4n) is 2.00. The van der Waals surface area contributed by atoms with Crippen molar-refractivity contribution in [3.05, 3.63) is 0 Å². The van der Waals surface area contributed by atoms with E-state index in [1.807, 2.05) is 9.80 Å². The average Bonchev–Trinajstić information content (AvgIpc) is 3.12. The van der Waals surface area contributed by atoms with Gasteiger partial charge in [-0.1, -0.05) is 15.9 Å². The molecule has 0 unspecified atom stereocenters. The van der Waals surface area contributed by atoms with Crippen LogP contribution >= 0.6 is 15.9 Å². The van der Waals surface area contributed by atoms with Crippen LogP contribution < -0.4 is 0 Å². The number of rotatable bonds is 3. The minimum atomic E-state index is 0.190. The summed E-state index contributed by atoms with van der Waals surface area (Å²) in [6.45, 7) is 2.82. The number of carbonyl (C=O) groups is 2. The summed E-state index contributed by atoms with van der Waals surface area (Å²) in [4.78, 5) is 27.2. The highest BCUT2D eigenvalue weighted by atomic mass is 79.9. The SMILES string of the molecule is O=C(CCBr)N1CCN(C(=O)C2CC2)CC1. The van der Waals surface area contributed by atoms with E-state index in [2.05, 4.69) is 15.9 Å². The van der Waals surface area contributed by atoms with Crippen LogP contribution in [-0.4, -0.2) is 53.1 Å². The van der Waals surface area contributed by atoms with E-state index in [1.165, 1.54) is 0 Å². The molecule has 0 aromatic carbocycles. The quantitative estimate of drug-likeness (QED) is 0.723. The summed E-state index contributed by atoms with van der Waals surface area (Å²) in [5.41, 5.74) is 0. The highest BCUT2D eigenvalue weighted by molar-refractivity contribution is 9.09. The molecule has 0 aromatic heterocycles. The molecule has 90 valence electrons. The number of alkyl halides is 1. The van der Waals surface area contributed by atoms with E-state index in [0.29, 0.717) is 49.8 Å². The maximum Gasteiger partial charge on any atom is 0.225 e. The Morgan fingerprint density at radius 3 is 2.12 bits per heavy atom. The summed E-state index contributed by atoms with van der Waals surface area (Å²) in [5.74, 6) is 0.785. The van der Waals surface area contributed by atoms with Gasteiger partial charge >= 0.3 is 0 Å². The third-order valence-electron chi connectivity index (χ3n) is 3.18. The predicted molar refractivity (Wildman–Crippen MR) is 64.3 cm³/mol. The third-order valence-corrected chi connectivity index (χ3v) is 3.58. The van der Waals surface area contributed by atoms with Gasteiger partial charge in [-0.25, -0.2) is 0 Å². The monoisotopic (exact) mass is 288 g/mol. The number of halogens is 1. The molecule has 16 heavy (non-hydrogen) atoms. The zero-order chi connectivity index (χ0) is 11.5. The maximum absolute atomic E-state index is 11.8. The Labute approximate surface area is 104 Å². The highest BCUT2D eigenvalue weighted by Gasteiger charge is 2.34. The molecule has 0 bridgehead atoms. The zero-order valence-corrected chi connectivity index (χ0v) is 10.9. The van der Waals surface area contributed by atoms with Crippen molar-refractivity contribution in [3.8, 4) is 0 Å². The van der Waals surface area contributed by atoms with Gasteiger partial charge in [0, 0.05) is 43.8 Å². The summed E-state index contributed by atoms with van der Waals surface area (Å²) < 4.78 is 0. The van der Waals surface area contributed by atoms with Crippen LogP contribution in [0.4, 0.5) is 0 Å². The lowest BCUT2D eigenvalue weighted by Crippen LogP contribution is -2.51. The van der Waals surface area contributed by atoms with Crippen molar-refractivity contribution in [2.45, 2.75) is 19.3 Å². The van der Waals surface area contributed by atoms with Crippen molar-refractivity contribution in [2.24, 2.45) is 5.92 Å². The van der Waals surface area contributed by atoms with Crippen LogP contribution in [0.15, 0.2) is 0 Å². The van der Waals surface area contributed by atoms with Crippen LogP contribution in [0.5, 0.6) is 0 Å². The molecule has 5 heteroatoms. The normalized spacial score (nSPS) is 21.1. The Balaban J connectivity index is 1.77. The molecule has 1 aliphatic heterocycles. The number of amides is 2. The summed E-state index contributed by atoms with van der Waals surface area (Å²) in [6.07, 6.45) is 2.67. The Morgan fingerprint density at radius 1 is 1.06 bits per heavy atom. The van der Waals surface area contributed by atoms with E-state index in [-0.39, 0.29) is 5.91 Å². The van der Waals surface area contributed by atoms with E-state index in [9.17, 15) is 9.59 Å². The summed E-state index contributed by atoms with van der Waals surface area (Å²) in [7, 11) is 0. The Kier molecular flexibility index (Phi) is 3.84. The lowest BCUT2D eigenvalue weighted by molar-refractivity contribution is -0.140. The van der Waals surface area contributed by atoms with Crippen LogP contribution in [-0.2, 0) is 9.59 Å². The summed E-state index contributed by atoms with van der Waals surface area (Å²) in [6, 6.07) is 0. The largest absolute Gasteiger partial charge is 0.339 e. The van der Waals surface area contributed by atoms with Gasteiger partial charge in [-0.2, -0.15) is 0 Å². The first kappa shape index (κ1) is 11.9. The van der Waals surface area contributed by atoms with Gasteiger partial charge in [0.15, 0.2) is 0 Å². The Morgan fingerprint density at radius 2 is 1.62 bits per heavy atom. The molecule has 1 aliphatic carbocycles. The van der Waals surface area contributed by atoms with Crippen molar-refractivity contribution in [1.29, 1.82) is 0 Å². The molecule has 2 aliphatic rings. The third kappa shape index (κ3) is 2.75. The summed E-state index contributed by atoms with van der Waals surface area (Å²) in [5, 5.41) is 0.715. The van der Waals surface area contributed by atoms with E-state index >= 15 is 0 Å². The first-order valence-electron chi connectivity index (χ1n) is 5.85. The molecular formula is C11H17BrN2O2.